The van der Waals surface area contributed by atoms with Gasteiger partial charge in [-0.05, 0) is 26.7 Å². The number of nitrogens with zero attached hydrogens (tertiary/aromatic N) is 1. The third-order valence-electron chi connectivity index (χ3n) is 2.77. The van der Waals surface area contributed by atoms with Crippen LogP contribution >= 0.6 is 11.3 Å². The summed E-state index contributed by atoms with van der Waals surface area (Å²) in [4.78, 5) is 16.6. The molecule has 0 saturated heterocycles. The van der Waals surface area contributed by atoms with Gasteiger partial charge in [-0.3, -0.25) is 4.79 Å². The number of nitrogens with one attached hydrogen (secondary N) is 2. The summed E-state index contributed by atoms with van der Waals surface area (Å²) in [7, 11) is 0. The van der Waals surface area contributed by atoms with Gasteiger partial charge in [0.15, 0.2) is 5.13 Å². The molecule has 1 aliphatic rings. The highest BCUT2D eigenvalue weighted by Gasteiger charge is 2.24. The van der Waals surface area contributed by atoms with Gasteiger partial charge in [0.2, 0.25) is 0 Å². The van der Waals surface area contributed by atoms with Crippen molar-refractivity contribution in [2.45, 2.75) is 38.8 Å². The van der Waals surface area contributed by atoms with Crippen LogP contribution in [0.5, 0.6) is 0 Å². The molecule has 6 nitrogen and oxygen atoms in total. The van der Waals surface area contributed by atoms with E-state index in [1.54, 1.807) is 0 Å². The van der Waals surface area contributed by atoms with E-state index in [0.29, 0.717) is 24.1 Å². The molecule has 1 saturated carbocycles. The summed E-state index contributed by atoms with van der Waals surface area (Å²) in [5.74, 6) is 0.0973. The van der Waals surface area contributed by atoms with E-state index < -0.39 is 0 Å². The molecule has 0 aliphatic heterocycles. The minimum Gasteiger partial charge on any atom is -0.382 e. The molecule has 1 aromatic heterocycles. The maximum Gasteiger partial charge on any atom is 0.265 e. The number of hydrogen-bond acceptors (Lipinski definition) is 6. The number of thiazole rings is 1. The predicted octanol–water partition coefficient (Wildman–Crippen LogP) is 1.45. The van der Waals surface area contributed by atoms with Crippen LogP contribution < -0.4 is 16.4 Å². The number of amides is 1. The summed E-state index contributed by atoms with van der Waals surface area (Å²) in [5, 5.41) is 6.77. The van der Waals surface area contributed by atoms with Crippen molar-refractivity contribution in [3.8, 4) is 0 Å². The van der Waals surface area contributed by atoms with Gasteiger partial charge in [0.05, 0.1) is 6.10 Å². The van der Waals surface area contributed by atoms with E-state index in [0.717, 1.165) is 18.0 Å². The average molecular weight is 284 g/mol. The van der Waals surface area contributed by atoms with E-state index in [-0.39, 0.29) is 17.8 Å². The first kappa shape index (κ1) is 14.1. The third kappa shape index (κ3) is 4.07. The molecule has 0 bridgehead atoms. The van der Waals surface area contributed by atoms with E-state index >= 15 is 0 Å². The molecule has 1 aliphatic carbocycles. The molecule has 0 aromatic carbocycles. The maximum atomic E-state index is 12.0. The molecule has 19 heavy (non-hydrogen) atoms. The highest BCUT2D eigenvalue weighted by Crippen LogP contribution is 2.30. The molecule has 4 N–H and O–H groups in total. The number of hydrogen-bond donors (Lipinski definition) is 3. The van der Waals surface area contributed by atoms with Crippen LogP contribution in [0.25, 0.3) is 0 Å². The molecule has 106 valence electrons. The van der Waals surface area contributed by atoms with Crippen LogP contribution in [0.3, 0.4) is 0 Å². The molecule has 2 rings (SSSR count). The average Bonchev–Trinajstić information content (AvgIpc) is 3.09. The van der Waals surface area contributed by atoms with Crippen molar-refractivity contribution < 1.29 is 9.53 Å². The number of nitrogens with two attached hydrogens (primary N) is 1. The lowest BCUT2D eigenvalue weighted by Gasteiger charge is -2.11. The zero-order valence-electron chi connectivity index (χ0n) is 11.2. The Hall–Kier alpha value is -1.34. The molecule has 0 spiro atoms. The molecule has 1 heterocycles. The first-order valence-electron chi connectivity index (χ1n) is 6.52. The molecule has 1 aromatic rings. The number of carbonyl (C=O) groups excluding carboxylic acids is 1. The zero-order valence-corrected chi connectivity index (χ0v) is 12.0. The number of aromatic nitrogens is 1. The van der Waals surface area contributed by atoms with Crippen molar-refractivity contribution in [1.82, 2.24) is 10.3 Å². The van der Waals surface area contributed by atoms with Crippen LogP contribution in [-0.2, 0) is 4.74 Å². The van der Waals surface area contributed by atoms with Crippen LogP contribution in [0.1, 0.15) is 36.4 Å². The Kier molecular flexibility index (Phi) is 4.60. The van der Waals surface area contributed by atoms with Gasteiger partial charge < -0.3 is 21.1 Å². The second-order valence-electron chi connectivity index (χ2n) is 4.63. The summed E-state index contributed by atoms with van der Waals surface area (Å²) in [6, 6.07) is 0.499. The van der Waals surface area contributed by atoms with Crippen molar-refractivity contribution in [2.24, 2.45) is 0 Å². The number of carbonyl (C=O) groups is 1. The minimum atomic E-state index is -0.189. The van der Waals surface area contributed by atoms with E-state index in [9.17, 15) is 4.79 Å². The fourth-order valence-electron chi connectivity index (χ4n) is 1.62. The van der Waals surface area contributed by atoms with E-state index in [1.807, 2.05) is 13.8 Å². The monoisotopic (exact) mass is 284 g/mol. The van der Waals surface area contributed by atoms with Gasteiger partial charge in [-0.1, -0.05) is 11.3 Å². The van der Waals surface area contributed by atoms with Crippen LogP contribution in [-0.4, -0.2) is 36.2 Å². The van der Waals surface area contributed by atoms with Crippen molar-refractivity contribution in [3.05, 3.63) is 4.88 Å². The Labute approximate surface area is 116 Å². The molecular weight excluding hydrogens is 264 g/mol. The second-order valence-corrected chi connectivity index (χ2v) is 5.63. The standard InChI is InChI=1S/C12H20N4O2S/c1-3-18-7(2)6-14-11(17)9-10(13)16-12(19-9)15-8-4-5-8/h7-8H,3-6,13H2,1-2H3,(H,14,17)(H,15,16). The lowest BCUT2D eigenvalue weighted by molar-refractivity contribution is 0.0697. The summed E-state index contributed by atoms with van der Waals surface area (Å²) in [6.07, 6.45) is 2.31. The number of rotatable bonds is 7. The molecule has 7 heteroatoms. The van der Waals surface area contributed by atoms with Crippen molar-refractivity contribution in [1.29, 1.82) is 0 Å². The summed E-state index contributed by atoms with van der Waals surface area (Å²) < 4.78 is 5.35. The van der Waals surface area contributed by atoms with E-state index in [2.05, 4.69) is 15.6 Å². The van der Waals surface area contributed by atoms with Crippen molar-refractivity contribution >= 4 is 28.2 Å². The summed E-state index contributed by atoms with van der Waals surface area (Å²) in [6.45, 7) is 4.94. The Balaban J connectivity index is 1.88. The predicted molar refractivity (Wildman–Crippen MR) is 76.6 cm³/mol. The van der Waals surface area contributed by atoms with Gasteiger partial charge in [-0.15, -0.1) is 0 Å². The molecule has 1 amide bonds. The lowest BCUT2D eigenvalue weighted by Crippen LogP contribution is -2.32. The largest absolute Gasteiger partial charge is 0.382 e. The van der Waals surface area contributed by atoms with Gasteiger partial charge in [0.25, 0.3) is 5.91 Å². The Bertz CT molecular complexity index is 445. The van der Waals surface area contributed by atoms with Crippen LogP contribution in [0, 0.1) is 0 Å². The zero-order chi connectivity index (χ0) is 13.8. The molecule has 1 unspecified atom stereocenters. The molecule has 1 atom stereocenters. The molecular formula is C12H20N4O2S. The van der Waals surface area contributed by atoms with Crippen molar-refractivity contribution in [2.75, 3.05) is 24.2 Å². The number of anilines is 2. The third-order valence-corrected chi connectivity index (χ3v) is 3.77. The number of nitrogen functional groups attached to an aromatic ring is 1. The SMILES string of the molecule is CCOC(C)CNC(=O)c1sc(NC2CC2)nc1N. The highest BCUT2D eigenvalue weighted by molar-refractivity contribution is 7.18. The summed E-state index contributed by atoms with van der Waals surface area (Å²) in [5.41, 5.74) is 5.77. The van der Waals surface area contributed by atoms with Gasteiger partial charge in [0, 0.05) is 19.2 Å². The summed E-state index contributed by atoms with van der Waals surface area (Å²) >= 11 is 1.30. The Morgan fingerprint density at radius 2 is 2.37 bits per heavy atom. The highest BCUT2D eigenvalue weighted by atomic mass is 32.1. The topological polar surface area (TPSA) is 89.3 Å². The fourth-order valence-corrected chi connectivity index (χ4v) is 2.50. The van der Waals surface area contributed by atoms with E-state index in [1.165, 1.54) is 11.3 Å². The smallest absolute Gasteiger partial charge is 0.265 e. The quantitative estimate of drug-likeness (QED) is 0.705. The van der Waals surface area contributed by atoms with Gasteiger partial charge in [-0.2, -0.15) is 0 Å². The van der Waals surface area contributed by atoms with Crippen LogP contribution in [0.4, 0.5) is 10.9 Å². The second kappa shape index (κ2) is 6.21. The molecule has 0 radical (unpaired) electrons. The van der Waals surface area contributed by atoms with Crippen LogP contribution in [0.2, 0.25) is 0 Å². The molecule has 1 fully saturated rings. The van der Waals surface area contributed by atoms with Gasteiger partial charge >= 0.3 is 0 Å². The van der Waals surface area contributed by atoms with Crippen molar-refractivity contribution in [3.63, 3.8) is 0 Å². The maximum absolute atomic E-state index is 12.0. The minimum absolute atomic E-state index is 0.00726. The van der Waals surface area contributed by atoms with Gasteiger partial charge in [0.1, 0.15) is 10.7 Å². The Morgan fingerprint density at radius 1 is 1.63 bits per heavy atom. The van der Waals surface area contributed by atoms with Gasteiger partial charge in [-0.25, -0.2) is 4.98 Å². The number of ether oxygens (including phenoxy) is 1. The lowest BCUT2D eigenvalue weighted by atomic mass is 10.4. The fraction of sp³-hybridized carbons (Fsp3) is 0.667. The first-order valence-corrected chi connectivity index (χ1v) is 7.34. The first-order chi connectivity index (χ1) is 9.10. The normalized spacial score (nSPS) is 16.1. The Morgan fingerprint density at radius 3 is 3.00 bits per heavy atom. The van der Waals surface area contributed by atoms with E-state index in [4.69, 9.17) is 10.5 Å². The van der Waals surface area contributed by atoms with Crippen LogP contribution in [0.15, 0.2) is 0 Å².